The van der Waals surface area contributed by atoms with Gasteiger partial charge in [0.25, 0.3) is 10.0 Å². The van der Waals surface area contributed by atoms with Gasteiger partial charge in [0.1, 0.15) is 5.82 Å². The van der Waals surface area contributed by atoms with Crippen molar-refractivity contribution >= 4 is 21.4 Å². The minimum Gasteiger partial charge on any atom is -0.399 e. The van der Waals surface area contributed by atoms with Crippen LogP contribution in [-0.2, 0) is 10.0 Å². The van der Waals surface area contributed by atoms with E-state index in [1.54, 1.807) is 32.0 Å². The van der Waals surface area contributed by atoms with Gasteiger partial charge in [0.2, 0.25) is 0 Å². The lowest BCUT2D eigenvalue weighted by atomic mass is 10.2. The summed E-state index contributed by atoms with van der Waals surface area (Å²) in [6.45, 7) is 3.59. The van der Waals surface area contributed by atoms with Crippen molar-refractivity contribution in [2.45, 2.75) is 18.7 Å². The molecule has 0 aliphatic heterocycles. The lowest BCUT2D eigenvalue weighted by molar-refractivity contribution is 0.591. The van der Waals surface area contributed by atoms with Crippen molar-refractivity contribution < 1.29 is 12.8 Å². The fraction of sp³-hybridized carbons (Fsp3) is 0.200. The fourth-order valence-electron chi connectivity index (χ4n) is 2.20. The molecule has 0 bridgehead atoms. The number of sulfonamides is 1. The maximum atomic E-state index is 13.3. The van der Waals surface area contributed by atoms with E-state index >= 15 is 0 Å². The minimum atomic E-state index is -3.76. The van der Waals surface area contributed by atoms with Gasteiger partial charge in [0.15, 0.2) is 0 Å². The van der Waals surface area contributed by atoms with Gasteiger partial charge in [-0.25, -0.2) is 12.8 Å². The molecule has 2 aromatic carbocycles. The van der Waals surface area contributed by atoms with Crippen LogP contribution in [0.4, 0.5) is 15.8 Å². The number of hydrogen-bond donors (Lipinski definition) is 1. The zero-order chi connectivity index (χ0) is 15.6. The van der Waals surface area contributed by atoms with E-state index in [1.807, 2.05) is 0 Å². The lowest BCUT2D eigenvalue weighted by Gasteiger charge is -2.24. The van der Waals surface area contributed by atoms with E-state index in [2.05, 4.69) is 0 Å². The fourth-order valence-corrected chi connectivity index (χ4v) is 3.88. The number of anilines is 2. The summed E-state index contributed by atoms with van der Waals surface area (Å²) in [6.07, 6.45) is 0. The van der Waals surface area contributed by atoms with Gasteiger partial charge in [0.05, 0.1) is 10.6 Å². The number of nitrogen functional groups attached to an aromatic ring is 1. The average molecular weight is 308 g/mol. The summed E-state index contributed by atoms with van der Waals surface area (Å²) in [7, 11) is -3.76. The van der Waals surface area contributed by atoms with Crippen LogP contribution in [0.1, 0.15) is 12.5 Å². The van der Waals surface area contributed by atoms with Crippen LogP contribution in [0.3, 0.4) is 0 Å². The summed E-state index contributed by atoms with van der Waals surface area (Å²) in [4.78, 5) is 0.169. The van der Waals surface area contributed by atoms with E-state index in [4.69, 9.17) is 5.73 Å². The van der Waals surface area contributed by atoms with Crippen LogP contribution in [-0.4, -0.2) is 15.0 Å². The summed E-state index contributed by atoms with van der Waals surface area (Å²) >= 11 is 0. The number of nitrogens with zero attached hydrogens (tertiary/aromatic N) is 1. The largest absolute Gasteiger partial charge is 0.399 e. The molecule has 2 aromatic rings. The molecule has 4 nitrogen and oxygen atoms in total. The predicted molar refractivity (Wildman–Crippen MR) is 82.2 cm³/mol. The third kappa shape index (κ3) is 3.00. The Kier molecular flexibility index (Phi) is 4.18. The second-order valence-electron chi connectivity index (χ2n) is 4.67. The number of rotatable bonds is 4. The van der Waals surface area contributed by atoms with Gasteiger partial charge in [-0.2, -0.15) is 0 Å². The second-order valence-corrected chi connectivity index (χ2v) is 6.51. The smallest absolute Gasteiger partial charge is 0.264 e. The first kappa shape index (κ1) is 15.3. The Balaban J connectivity index is 2.54. The quantitative estimate of drug-likeness (QED) is 0.883. The highest BCUT2D eigenvalue weighted by atomic mass is 32.2. The first-order valence-corrected chi connectivity index (χ1v) is 7.94. The highest BCUT2D eigenvalue weighted by Crippen LogP contribution is 2.26. The highest BCUT2D eigenvalue weighted by Gasteiger charge is 2.25. The van der Waals surface area contributed by atoms with E-state index in [0.717, 1.165) is 0 Å². The number of hydrogen-bond acceptors (Lipinski definition) is 3. The van der Waals surface area contributed by atoms with Gasteiger partial charge in [-0.15, -0.1) is 0 Å². The van der Waals surface area contributed by atoms with E-state index in [1.165, 1.54) is 28.6 Å². The van der Waals surface area contributed by atoms with Gasteiger partial charge in [-0.3, -0.25) is 4.31 Å². The van der Waals surface area contributed by atoms with Gasteiger partial charge in [-0.1, -0.05) is 6.07 Å². The molecule has 0 aliphatic rings. The molecule has 0 aliphatic carbocycles. The molecule has 112 valence electrons. The van der Waals surface area contributed by atoms with Crippen molar-refractivity contribution in [1.29, 1.82) is 0 Å². The molecular weight excluding hydrogens is 291 g/mol. The molecule has 2 rings (SSSR count). The second kappa shape index (κ2) is 5.73. The van der Waals surface area contributed by atoms with Crippen LogP contribution in [0.2, 0.25) is 0 Å². The van der Waals surface area contributed by atoms with Crippen LogP contribution in [0.25, 0.3) is 0 Å². The molecule has 0 radical (unpaired) electrons. The zero-order valence-electron chi connectivity index (χ0n) is 11.9. The molecule has 0 heterocycles. The summed E-state index contributed by atoms with van der Waals surface area (Å²) < 4.78 is 40.1. The van der Waals surface area contributed by atoms with E-state index in [-0.39, 0.29) is 11.4 Å². The summed E-state index contributed by atoms with van der Waals surface area (Å²) in [5, 5.41) is 0. The molecule has 21 heavy (non-hydrogen) atoms. The molecule has 0 aromatic heterocycles. The molecular formula is C15H17FN2O2S. The Morgan fingerprint density at radius 1 is 1.19 bits per heavy atom. The number of benzene rings is 2. The predicted octanol–water partition coefficient (Wildman–Crippen LogP) is 2.93. The first-order valence-electron chi connectivity index (χ1n) is 6.50. The van der Waals surface area contributed by atoms with Gasteiger partial charge in [0, 0.05) is 12.2 Å². The summed E-state index contributed by atoms with van der Waals surface area (Å²) in [5.41, 5.74) is 7.01. The molecule has 0 fully saturated rings. The Morgan fingerprint density at radius 3 is 2.48 bits per heavy atom. The number of nitrogens with two attached hydrogens (primary N) is 1. The van der Waals surface area contributed by atoms with Gasteiger partial charge in [-0.05, 0) is 55.8 Å². The van der Waals surface area contributed by atoms with Crippen LogP contribution in [0.15, 0.2) is 47.4 Å². The summed E-state index contributed by atoms with van der Waals surface area (Å²) in [5.74, 6) is -0.477. The monoisotopic (exact) mass is 308 g/mol. The Morgan fingerprint density at radius 2 is 1.90 bits per heavy atom. The van der Waals surface area contributed by atoms with Crippen molar-refractivity contribution in [3.8, 4) is 0 Å². The molecule has 0 atom stereocenters. The Bertz CT molecular complexity index is 760. The Labute approximate surface area is 124 Å². The molecule has 0 saturated carbocycles. The van der Waals surface area contributed by atoms with E-state index < -0.39 is 15.8 Å². The van der Waals surface area contributed by atoms with Crippen LogP contribution in [0.5, 0.6) is 0 Å². The number of aryl methyl sites for hydroxylation is 1. The average Bonchev–Trinajstić information content (AvgIpc) is 2.38. The third-order valence-electron chi connectivity index (χ3n) is 3.15. The molecule has 0 unspecified atom stereocenters. The van der Waals surface area contributed by atoms with Crippen molar-refractivity contribution in [3.05, 3.63) is 53.8 Å². The zero-order valence-corrected chi connectivity index (χ0v) is 12.7. The topological polar surface area (TPSA) is 63.4 Å². The molecule has 0 spiro atoms. The van der Waals surface area contributed by atoms with Crippen LogP contribution >= 0.6 is 0 Å². The molecule has 0 saturated heterocycles. The molecule has 2 N–H and O–H groups in total. The maximum Gasteiger partial charge on any atom is 0.264 e. The minimum absolute atomic E-state index is 0.169. The SMILES string of the molecule is CCN(c1cccc(F)c1)S(=O)(=O)c1ccc(N)cc1C. The van der Waals surface area contributed by atoms with Crippen LogP contribution < -0.4 is 10.0 Å². The lowest BCUT2D eigenvalue weighted by Crippen LogP contribution is -2.31. The maximum absolute atomic E-state index is 13.3. The summed E-state index contributed by atoms with van der Waals surface area (Å²) in [6, 6.07) is 10.1. The van der Waals surface area contributed by atoms with Crippen molar-refractivity contribution in [1.82, 2.24) is 0 Å². The van der Waals surface area contributed by atoms with Crippen molar-refractivity contribution in [2.75, 3.05) is 16.6 Å². The Hall–Kier alpha value is -2.08. The molecule has 0 amide bonds. The van der Waals surface area contributed by atoms with Crippen LogP contribution in [0, 0.1) is 12.7 Å². The first-order chi connectivity index (χ1) is 9.86. The highest BCUT2D eigenvalue weighted by molar-refractivity contribution is 7.92. The normalized spacial score (nSPS) is 11.4. The van der Waals surface area contributed by atoms with Gasteiger partial charge >= 0.3 is 0 Å². The van der Waals surface area contributed by atoms with Crippen molar-refractivity contribution in [3.63, 3.8) is 0 Å². The number of halogens is 1. The van der Waals surface area contributed by atoms with E-state index in [0.29, 0.717) is 16.9 Å². The van der Waals surface area contributed by atoms with E-state index in [9.17, 15) is 12.8 Å². The third-order valence-corrected chi connectivity index (χ3v) is 5.21. The van der Waals surface area contributed by atoms with Gasteiger partial charge < -0.3 is 5.73 Å². The standard InChI is InChI=1S/C15H17FN2O2S/c1-3-18(14-6-4-5-12(16)10-14)21(19,20)15-8-7-13(17)9-11(15)2/h4-10H,3,17H2,1-2H3. The molecule has 6 heteroatoms. The van der Waals surface area contributed by atoms with Crippen molar-refractivity contribution in [2.24, 2.45) is 0 Å².